The third-order valence-corrected chi connectivity index (χ3v) is 1.01. The van der Waals surface area contributed by atoms with E-state index in [4.69, 9.17) is 0 Å². The Hall–Kier alpha value is -0.220. The molecule has 0 bridgehead atoms. The van der Waals surface area contributed by atoms with Crippen LogP contribution in [0.2, 0.25) is 0 Å². The van der Waals surface area contributed by atoms with E-state index in [1.807, 2.05) is 0 Å². The molecule has 0 N–H and O–H groups in total. The second-order valence-corrected chi connectivity index (χ2v) is 1.63. The number of hydrogen-bond acceptors (Lipinski definition) is 2. The minimum Gasteiger partial charge on any atom is -0.375 e. The second-order valence-electron chi connectivity index (χ2n) is 1.63. The van der Waals surface area contributed by atoms with Gasteiger partial charge in [-0.05, 0) is 0 Å². The molecule has 0 saturated carbocycles. The second kappa shape index (κ2) is 2.37. The maximum atomic E-state index is 12.0. The molecule has 1 unspecified atom stereocenters. The summed E-state index contributed by atoms with van der Waals surface area (Å²) < 4.78 is 28.6. The molecule has 0 aliphatic carbocycles. The molecule has 0 aromatic rings. The third-order valence-electron chi connectivity index (χ3n) is 1.01. The number of rotatable bonds is 0. The normalized spacial score (nSPS) is 33.0. The summed E-state index contributed by atoms with van der Waals surface area (Å²) in [6.07, 6.45) is -1.55. The first kappa shape index (κ1) is 5.91. The number of hydrogen-bond donors (Lipinski definition) is 0. The molecule has 0 aromatic heterocycles. The minimum atomic E-state index is -1.55. The molecule has 1 rings (SSSR count). The van der Waals surface area contributed by atoms with Crippen LogP contribution in [0.1, 0.15) is 0 Å². The Morgan fingerprint density at radius 3 is 2.75 bits per heavy atom. The molecular weight excluding hydrogens is 116 g/mol. The van der Waals surface area contributed by atoms with Crippen molar-refractivity contribution in [1.82, 2.24) is 5.12 Å². The maximum absolute atomic E-state index is 12.0. The molecule has 1 heterocycles. The average molecular weight is 123 g/mol. The molecule has 0 spiro atoms. The van der Waals surface area contributed by atoms with Crippen LogP contribution in [-0.4, -0.2) is 31.2 Å². The predicted molar refractivity (Wildman–Crippen MR) is 23.5 cm³/mol. The topological polar surface area (TPSA) is 12.5 Å². The zero-order valence-corrected chi connectivity index (χ0v) is 4.31. The molecule has 48 valence electrons. The zero-order chi connectivity index (χ0) is 5.98. The van der Waals surface area contributed by atoms with Gasteiger partial charge in [-0.25, -0.2) is 4.39 Å². The van der Waals surface area contributed by atoms with Crippen molar-refractivity contribution >= 4 is 0 Å². The van der Waals surface area contributed by atoms with Gasteiger partial charge in [0.2, 0.25) is 6.30 Å². The lowest BCUT2D eigenvalue weighted by molar-refractivity contribution is -0.156. The van der Waals surface area contributed by atoms with E-state index >= 15 is 0 Å². The van der Waals surface area contributed by atoms with Crippen molar-refractivity contribution in [3.05, 3.63) is 0 Å². The van der Waals surface area contributed by atoms with Crippen molar-refractivity contribution < 1.29 is 13.6 Å². The highest BCUT2D eigenvalue weighted by Gasteiger charge is 2.20. The number of halogens is 2. The van der Waals surface area contributed by atoms with Crippen molar-refractivity contribution in [3.8, 4) is 0 Å². The highest BCUT2D eigenvalue weighted by atomic mass is 19.2. The Labute approximate surface area is 46.0 Å². The van der Waals surface area contributed by atoms with Crippen molar-refractivity contribution in [1.29, 1.82) is 0 Å². The lowest BCUT2D eigenvalue weighted by Gasteiger charge is -2.21. The van der Waals surface area contributed by atoms with Crippen LogP contribution in [0.4, 0.5) is 8.87 Å². The molecule has 0 radical (unpaired) electrons. The molecule has 1 saturated heterocycles. The fraction of sp³-hybridized carbons (Fsp3) is 1.00. The van der Waals surface area contributed by atoms with Crippen LogP contribution in [0.5, 0.6) is 0 Å². The summed E-state index contributed by atoms with van der Waals surface area (Å²) in [6, 6.07) is 0. The predicted octanol–water partition coefficient (Wildman–Crippen LogP) is 0.499. The molecule has 1 atom stereocenters. The van der Waals surface area contributed by atoms with Crippen LogP contribution in [0.3, 0.4) is 0 Å². The largest absolute Gasteiger partial charge is 0.375 e. The maximum Gasteiger partial charge on any atom is 0.203 e. The van der Waals surface area contributed by atoms with Gasteiger partial charge in [0.05, 0.1) is 19.8 Å². The van der Waals surface area contributed by atoms with E-state index in [1.165, 1.54) is 0 Å². The molecule has 0 aromatic carbocycles. The fourth-order valence-corrected chi connectivity index (χ4v) is 0.553. The first-order valence-corrected chi connectivity index (χ1v) is 2.45. The first-order valence-electron chi connectivity index (χ1n) is 2.45. The molecular formula is C4H7F2NO. The fourth-order valence-electron chi connectivity index (χ4n) is 0.553. The van der Waals surface area contributed by atoms with Gasteiger partial charge in [0, 0.05) is 0 Å². The summed E-state index contributed by atoms with van der Waals surface area (Å²) in [5, 5.41) is 0.142. The van der Waals surface area contributed by atoms with Crippen LogP contribution in [-0.2, 0) is 4.74 Å². The number of alkyl halides is 1. The van der Waals surface area contributed by atoms with Gasteiger partial charge < -0.3 is 4.74 Å². The average Bonchev–Trinajstić information content (AvgIpc) is 1.77. The number of morpholine rings is 1. The van der Waals surface area contributed by atoms with Crippen LogP contribution in [0.15, 0.2) is 0 Å². The molecule has 4 heteroatoms. The van der Waals surface area contributed by atoms with Gasteiger partial charge in [-0.15, -0.1) is 9.60 Å². The van der Waals surface area contributed by atoms with Gasteiger partial charge in [-0.1, -0.05) is 0 Å². The Balaban J connectivity index is 2.28. The van der Waals surface area contributed by atoms with E-state index in [9.17, 15) is 8.87 Å². The van der Waals surface area contributed by atoms with Crippen LogP contribution >= 0.6 is 0 Å². The Bertz CT molecular complexity index is 70.4. The van der Waals surface area contributed by atoms with Crippen molar-refractivity contribution in [2.45, 2.75) is 6.30 Å². The van der Waals surface area contributed by atoms with E-state index in [0.717, 1.165) is 0 Å². The molecule has 1 aliphatic rings. The highest BCUT2D eigenvalue weighted by Crippen LogP contribution is 2.06. The summed E-state index contributed by atoms with van der Waals surface area (Å²) >= 11 is 0. The van der Waals surface area contributed by atoms with Crippen LogP contribution in [0, 0.1) is 0 Å². The van der Waals surface area contributed by atoms with E-state index < -0.39 is 6.30 Å². The van der Waals surface area contributed by atoms with Gasteiger partial charge in [-0.3, -0.25) is 0 Å². The first-order chi connectivity index (χ1) is 3.80. The summed E-state index contributed by atoms with van der Waals surface area (Å²) in [4.78, 5) is 0. The molecule has 1 aliphatic heterocycles. The van der Waals surface area contributed by atoms with E-state index in [-0.39, 0.29) is 24.9 Å². The standard InChI is InChI=1S/C4H7F2NO/c5-4-3-8-2-1-7(4)6/h4H,1-3H2. The van der Waals surface area contributed by atoms with Gasteiger partial charge in [-0.2, -0.15) is 0 Å². The SMILES string of the molecule is FC1COCCN1F. The van der Waals surface area contributed by atoms with Gasteiger partial charge in [0.1, 0.15) is 0 Å². The Kier molecular flexibility index (Phi) is 1.75. The van der Waals surface area contributed by atoms with Gasteiger partial charge in [0.25, 0.3) is 0 Å². The number of nitrogens with zero attached hydrogens (tertiary/aromatic N) is 1. The highest BCUT2D eigenvalue weighted by molar-refractivity contribution is 4.55. The van der Waals surface area contributed by atoms with Crippen molar-refractivity contribution in [3.63, 3.8) is 0 Å². The van der Waals surface area contributed by atoms with Gasteiger partial charge in [0.15, 0.2) is 0 Å². The molecule has 1 fully saturated rings. The van der Waals surface area contributed by atoms with Gasteiger partial charge >= 0.3 is 0 Å². The third kappa shape index (κ3) is 1.14. The molecule has 2 nitrogen and oxygen atoms in total. The van der Waals surface area contributed by atoms with Crippen molar-refractivity contribution in [2.75, 3.05) is 19.8 Å². The minimum absolute atomic E-state index is 0.0428. The van der Waals surface area contributed by atoms with Crippen LogP contribution in [0.25, 0.3) is 0 Å². The summed E-state index contributed by atoms with van der Waals surface area (Å²) in [7, 11) is 0. The van der Waals surface area contributed by atoms with Crippen LogP contribution < -0.4 is 0 Å². The summed E-state index contributed by atoms with van der Waals surface area (Å²) in [5.41, 5.74) is 0. The molecule has 0 amide bonds. The smallest absolute Gasteiger partial charge is 0.203 e. The Morgan fingerprint density at radius 1 is 1.62 bits per heavy atom. The summed E-state index contributed by atoms with van der Waals surface area (Å²) in [5.74, 6) is 0. The zero-order valence-electron chi connectivity index (χ0n) is 4.31. The van der Waals surface area contributed by atoms with E-state index in [0.29, 0.717) is 0 Å². The monoisotopic (exact) mass is 123 g/mol. The lowest BCUT2D eigenvalue weighted by atomic mass is 10.5. The summed E-state index contributed by atoms with van der Waals surface area (Å²) in [6.45, 7) is 0.189. The lowest BCUT2D eigenvalue weighted by Crippen LogP contribution is -2.36. The number of ether oxygens (including phenoxy) is 1. The van der Waals surface area contributed by atoms with Crippen molar-refractivity contribution in [2.24, 2.45) is 0 Å². The van der Waals surface area contributed by atoms with E-state index in [1.54, 1.807) is 0 Å². The molecule has 8 heavy (non-hydrogen) atoms. The Morgan fingerprint density at radius 2 is 2.38 bits per heavy atom. The van der Waals surface area contributed by atoms with E-state index in [2.05, 4.69) is 4.74 Å². The quantitative estimate of drug-likeness (QED) is 0.343.